The lowest BCUT2D eigenvalue weighted by molar-refractivity contribution is -0.384. The Hall–Kier alpha value is -5.15. The third-order valence-electron chi connectivity index (χ3n) is 8.66. The summed E-state index contributed by atoms with van der Waals surface area (Å²) < 4.78 is 0. The van der Waals surface area contributed by atoms with E-state index in [4.69, 9.17) is 11.6 Å². The normalized spacial score (nSPS) is 21.2. The Balaban J connectivity index is 1.33. The molecule has 3 aliphatic carbocycles. The quantitative estimate of drug-likeness (QED) is 0.129. The van der Waals surface area contributed by atoms with Gasteiger partial charge in [0.25, 0.3) is 23.4 Å². The van der Waals surface area contributed by atoms with Gasteiger partial charge in [-0.1, -0.05) is 66.2 Å². The topological polar surface area (TPSA) is 118 Å². The van der Waals surface area contributed by atoms with Crippen molar-refractivity contribution in [3.8, 4) is 0 Å². The van der Waals surface area contributed by atoms with E-state index >= 15 is 0 Å². The van der Waals surface area contributed by atoms with E-state index in [2.05, 4.69) is 0 Å². The van der Waals surface area contributed by atoms with Gasteiger partial charge in [-0.05, 0) is 52.6 Å². The Labute approximate surface area is 250 Å². The molecule has 0 saturated carbocycles. The summed E-state index contributed by atoms with van der Waals surface area (Å²) >= 11 is 5.99. The van der Waals surface area contributed by atoms with Crippen LogP contribution < -0.4 is 0 Å². The zero-order valence-electron chi connectivity index (χ0n) is 22.4. The molecule has 1 saturated heterocycles. The van der Waals surface area contributed by atoms with Crippen LogP contribution in [0.15, 0.2) is 97.1 Å². The smallest absolute Gasteiger partial charge is 0.273 e. The van der Waals surface area contributed by atoms with E-state index < -0.39 is 58.6 Å². The molecule has 9 nitrogen and oxygen atoms in total. The Morgan fingerprint density at radius 3 is 1.74 bits per heavy atom. The molecule has 2 atom stereocenters. The number of hydrazine groups is 1. The number of ketones is 1. The third-order valence-corrected chi connectivity index (χ3v) is 8.92. The standard InChI is InChI=1S/C33H22ClN3O6/c34-20-14-12-18(13-15-20)26(38)17-35(31(39)19-6-5-7-21(16-19)37(42)43)36-32(40)29-27-22-8-1-2-9-23(22)28(30(29)33(36)41)25-11-4-3-10-24(25)27/h1-16,27-30H,17H2/t27?,28?,29-,30-/m1/s1. The molecule has 0 N–H and O–H groups in total. The molecular formula is C33H22ClN3O6. The van der Waals surface area contributed by atoms with Gasteiger partial charge >= 0.3 is 0 Å². The minimum atomic E-state index is -0.881. The second-order valence-corrected chi connectivity index (χ2v) is 11.3. The van der Waals surface area contributed by atoms with E-state index in [0.29, 0.717) is 5.02 Å². The predicted molar refractivity (Wildman–Crippen MR) is 155 cm³/mol. The molecule has 1 aliphatic heterocycles. The van der Waals surface area contributed by atoms with Gasteiger partial charge in [0.05, 0.1) is 16.8 Å². The predicted octanol–water partition coefficient (Wildman–Crippen LogP) is 5.38. The van der Waals surface area contributed by atoms with Crippen LogP contribution in [-0.4, -0.2) is 45.0 Å². The lowest BCUT2D eigenvalue weighted by Gasteiger charge is -2.45. The van der Waals surface area contributed by atoms with Crippen molar-refractivity contribution in [1.29, 1.82) is 0 Å². The Morgan fingerprint density at radius 2 is 1.26 bits per heavy atom. The lowest BCUT2D eigenvalue weighted by atomic mass is 9.55. The highest BCUT2D eigenvalue weighted by Crippen LogP contribution is 2.61. The number of benzene rings is 4. The minimum Gasteiger partial charge on any atom is -0.292 e. The minimum absolute atomic E-state index is 0.136. The maximum Gasteiger partial charge on any atom is 0.273 e. The van der Waals surface area contributed by atoms with Crippen LogP contribution in [0.1, 0.15) is 54.8 Å². The molecule has 212 valence electrons. The van der Waals surface area contributed by atoms with Crippen molar-refractivity contribution in [2.24, 2.45) is 11.8 Å². The fraction of sp³-hybridized carbons (Fsp3) is 0.152. The first kappa shape index (κ1) is 26.7. The first-order valence-corrected chi connectivity index (χ1v) is 14.0. The number of rotatable bonds is 6. The summed E-state index contributed by atoms with van der Waals surface area (Å²) in [6.45, 7) is -0.644. The Bertz CT molecular complexity index is 1760. The molecule has 1 heterocycles. The summed E-state index contributed by atoms with van der Waals surface area (Å²) in [5, 5.41) is 13.5. The van der Waals surface area contributed by atoms with Crippen molar-refractivity contribution in [3.63, 3.8) is 0 Å². The molecule has 0 aromatic heterocycles. The van der Waals surface area contributed by atoms with Gasteiger partial charge in [0.1, 0.15) is 6.54 Å². The summed E-state index contributed by atoms with van der Waals surface area (Å²) in [4.78, 5) is 67.0. The molecule has 1 fully saturated rings. The van der Waals surface area contributed by atoms with Gasteiger partial charge in [0.2, 0.25) is 0 Å². The summed E-state index contributed by atoms with van der Waals surface area (Å²) in [5.41, 5.74) is 3.59. The fourth-order valence-corrected chi connectivity index (χ4v) is 7.02. The molecule has 10 heteroatoms. The molecule has 4 aromatic rings. The van der Waals surface area contributed by atoms with Gasteiger partial charge in [-0.3, -0.25) is 29.3 Å². The highest BCUT2D eigenvalue weighted by molar-refractivity contribution is 6.30. The lowest BCUT2D eigenvalue weighted by Crippen LogP contribution is -2.52. The van der Waals surface area contributed by atoms with Crippen molar-refractivity contribution in [1.82, 2.24) is 10.0 Å². The fourth-order valence-electron chi connectivity index (χ4n) is 6.90. The van der Waals surface area contributed by atoms with Crippen molar-refractivity contribution in [2.45, 2.75) is 11.8 Å². The summed E-state index contributed by atoms with van der Waals surface area (Å²) in [6.07, 6.45) is 0. The van der Waals surface area contributed by atoms with Crippen molar-refractivity contribution in [2.75, 3.05) is 6.54 Å². The molecule has 4 aromatic carbocycles. The molecule has 0 unspecified atom stereocenters. The molecular weight excluding hydrogens is 570 g/mol. The number of nitrogens with zero attached hydrogens (tertiary/aromatic N) is 3. The summed E-state index contributed by atoms with van der Waals surface area (Å²) in [5.74, 6) is -4.99. The molecule has 43 heavy (non-hydrogen) atoms. The van der Waals surface area contributed by atoms with Crippen LogP contribution in [0.4, 0.5) is 5.69 Å². The maximum atomic E-state index is 14.3. The highest BCUT2D eigenvalue weighted by atomic mass is 35.5. The number of Topliss-reactive ketones (excluding diaryl/α,β-unsaturated/α-hetero) is 1. The van der Waals surface area contributed by atoms with E-state index in [1.807, 2.05) is 48.5 Å². The van der Waals surface area contributed by atoms with E-state index in [1.54, 1.807) is 0 Å². The third kappa shape index (κ3) is 4.07. The van der Waals surface area contributed by atoms with Crippen molar-refractivity contribution in [3.05, 3.63) is 146 Å². The molecule has 4 aliphatic rings. The van der Waals surface area contributed by atoms with Crippen molar-refractivity contribution >= 4 is 40.8 Å². The first-order valence-electron chi connectivity index (χ1n) is 13.7. The van der Waals surface area contributed by atoms with Gasteiger partial charge in [0, 0.05) is 40.1 Å². The number of imide groups is 1. The van der Waals surface area contributed by atoms with Crippen LogP contribution in [0.3, 0.4) is 0 Å². The average Bonchev–Trinajstić information content (AvgIpc) is 3.29. The van der Waals surface area contributed by atoms with Crippen LogP contribution in [0.25, 0.3) is 0 Å². The highest BCUT2D eigenvalue weighted by Gasteiger charge is 2.63. The van der Waals surface area contributed by atoms with Gasteiger partial charge in [-0.25, -0.2) is 5.01 Å². The second-order valence-electron chi connectivity index (χ2n) is 10.9. The Morgan fingerprint density at radius 1 is 0.744 bits per heavy atom. The van der Waals surface area contributed by atoms with Gasteiger partial charge in [-0.2, -0.15) is 5.01 Å². The number of halogens is 1. The van der Waals surface area contributed by atoms with Crippen molar-refractivity contribution < 1.29 is 24.1 Å². The number of carbonyl (C=O) groups excluding carboxylic acids is 4. The van der Waals surface area contributed by atoms with Crippen LogP contribution in [0.5, 0.6) is 0 Å². The number of nitro benzene ring substituents is 1. The van der Waals surface area contributed by atoms with Crippen LogP contribution >= 0.6 is 11.6 Å². The molecule has 2 bridgehead atoms. The average molecular weight is 592 g/mol. The number of hydrogen-bond donors (Lipinski definition) is 0. The number of hydrogen-bond acceptors (Lipinski definition) is 6. The maximum absolute atomic E-state index is 14.3. The monoisotopic (exact) mass is 591 g/mol. The van der Waals surface area contributed by atoms with E-state index in [9.17, 15) is 29.3 Å². The largest absolute Gasteiger partial charge is 0.292 e. The summed E-state index contributed by atoms with van der Waals surface area (Å²) in [6, 6.07) is 26.5. The van der Waals surface area contributed by atoms with E-state index in [0.717, 1.165) is 38.3 Å². The zero-order valence-corrected chi connectivity index (χ0v) is 23.2. The van der Waals surface area contributed by atoms with Gasteiger partial charge in [0.15, 0.2) is 5.78 Å². The van der Waals surface area contributed by atoms with Crippen LogP contribution in [0.2, 0.25) is 5.02 Å². The van der Waals surface area contributed by atoms with E-state index in [1.165, 1.54) is 42.5 Å². The van der Waals surface area contributed by atoms with Crippen LogP contribution in [0, 0.1) is 22.0 Å². The molecule has 3 amide bonds. The first-order chi connectivity index (χ1) is 20.8. The Kier molecular flexibility index (Phi) is 6.21. The molecule has 8 rings (SSSR count). The summed E-state index contributed by atoms with van der Waals surface area (Å²) in [7, 11) is 0. The number of non-ortho nitro benzene ring substituents is 1. The SMILES string of the molecule is O=C(CN(C(=O)c1cccc([N+](=O)[O-])c1)N1C(=O)[C@@H]2C3c4ccccc4C(c4ccccc43)[C@H]2C1=O)c1ccc(Cl)cc1. The number of carbonyl (C=O) groups is 4. The van der Waals surface area contributed by atoms with E-state index in [-0.39, 0.29) is 16.8 Å². The second kappa shape index (κ2) is 9.99. The molecule has 0 spiro atoms. The van der Waals surface area contributed by atoms with Crippen LogP contribution in [-0.2, 0) is 9.59 Å². The van der Waals surface area contributed by atoms with Gasteiger partial charge in [-0.15, -0.1) is 0 Å². The molecule has 0 radical (unpaired) electrons. The number of amides is 3. The zero-order chi connectivity index (χ0) is 30.0. The number of nitro groups is 1. The van der Waals surface area contributed by atoms with Gasteiger partial charge < -0.3 is 0 Å².